The molecule has 2 amide bonds. The van der Waals surface area contributed by atoms with Gasteiger partial charge in [0.25, 0.3) is 5.96 Å². The van der Waals surface area contributed by atoms with Crippen LogP contribution in [0.3, 0.4) is 0 Å². The van der Waals surface area contributed by atoms with Crippen LogP contribution in [0.25, 0.3) is 0 Å². The minimum Gasteiger partial charge on any atom is -0.493 e. The van der Waals surface area contributed by atoms with Gasteiger partial charge in [0.2, 0.25) is 0 Å². The minimum absolute atomic E-state index is 0.00131. The largest absolute Gasteiger partial charge is 0.493 e. The van der Waals surface area contributed by atoms with Gasteiger partial charge in [-0.3, -0.25) is 10.6 Å². The Kier molecular flexibility index (Phi) is 12.0. The summed E-state index contributed by atoms with van der Waals surface area (Å²) < 4.78 is 71.3. The molecular formula is C28H39N3O11S2. The van der Waals surface area contributed by atoms with Gasteiger partial charge in [0.05, 0.1) is 11.5 Å². The summed E-state index contributed by atoms with van der Waals surface area (Å²) in [5.74, 6) is -0.141. The predicted molar refractivity (Wildman–Crippen MR) is 161 cm³/mol. The van der Waals surface area contributed by atoms with Crippen LogP contribution in [-0.2, 0) is 34.3 Å². The summed E-state index contributed by atoms with van der Waals surface area (Å²) in [6.45, 7) is 11.8. The van der Waals surface area contributed by atoms with Crippen molar-refractivity contribution in [3.05, 3.63) is 48.0 Å². The molecule has 0 unspecified atom stereocenters. The Morgan fingerprint density at radius 1 is 0.795 bits per heavy atom. The summed E-state index contributed by atoms with van der Waals surface area (Å²) in [6.07, 6.45) is -0.554. The molecule has 0 aliphatic carbocycles. The normalized spacial score (nSPS) is 12.0. The second-order valence-electron chi connectivity index (χ2n) is 11.5. The average molecular weight is 658 g/mol. The Bertz CT molecular complexity index is 1540. The zero-order valence-electron chi connectivity index (χ0n) is 25.9. The number of nitrogens with zero attached hydrogens (tertiary/aromatic N) is 1. The summed E-state index contributed by atoms with van der Waals surface area (Å²) in [5, 5.41) is 8.31. The van der Waals surface area contributed by atoms with Gasteiger partial charge in [-0.25, -0.2) is 18.0 Å². The van der Waals surface area contributed by atoms with Crippen LogP contribution in [0.1, 0.15) is 53.5 Å². The summed E-state index contributed by atoms with van der Waals surface area (Å²) >= 11 is 0. The molecule has 2 rings (SSSR count). The number of carbonyl (C=O) groups is 2. The van der Waals surface area contributed by atoms with Crippen molar-refractivity contribution >= 4 is 38.1 Å². The summed E-state index contributed by atoms with van der Waals surface area (Å²) in [5.41, 5.74) is -0.980. The van der Waals surface area contributed by atoms with Crippen molar-refractivity contribution in [3.63, 3.8) is 0 Å². The Morgan fingerprint density at radius 3 is 1.84 bits per heavy atom. The third-order valence-electron chi connectivity index (χ3n) is 4.79. The summed E-state index contributed by atoms with van der Waals surface area (Å²) in [7, 11) is -8.32. The van der Waals surface area contributed by atoms with Crippen LogP contribution in [0, 0.1) is 6.92 Å². The zero-order valence-corrected chi connectivity index (χ0v) is 27.6. The van der Waals surface area contributed by atoms with E-state index in [2.05, 4.69) is 15.8 Å². The lowest BCUT2D eigenvalue weighted by Crippen LogP contribution is -2.47. The highest BCUT2D eigenvalue weighted by Gasteiger charge is 2.26. The number of sulfone groups is 1. The molecule has 0 spiro atoms. The topological polar surface area (TPSA) is 185 Å². The van der Waals surface area contributed by atoms with Crippen LogP contribution >= 0.6 is 0 Å². The monoisotopic (exact) mass is 657 g/mol. The highest BCUT2D eigenvalue weighted by atomic mass is 32.2. The van der Waals surface area contributed by atoms with Gasteiger partial charge in [-0.1, -0.05) is 12.1 Å². The predicted octanol–water partition coefficient (Wildman–Crippen LogP) is 4.27. The van der Waals surface area contributed by atoms with E-state index in [1.807, 2.05) is 0 Å². The quantitative estimate of drug-likeness (QED) is 0.122. The maximum atomic E-state index is 12.9. The first-order valence-electron chi connectivity index (χ1n) is 13.3. The van der Waals surface area contributed by atoms with Crippen LogP contribution < -0.4 is 19.6 Å². The molecule has 0 saturated heterocycles. The lowest BCUT2D eigenvalue weighted by molar-refractivity contribution is 0.0533. The number of aryl methyl sites for hydroxylation is 1. The van der Waals surface area contributed by atoms with Gasteiger partial charge in [0, 0.05) is 18.7 Å². The SMILES string of the molecule is Cc1cc(OCCCON=C(NC(=O)OC(C)(C)C)NC(=O)OC(C)(C)C)cc(OS(=O)(=O)c2ccccc2S(C)(=O)=O)c1. The molecule has 14 nitrogen and oxygen atoms in total. The molecule has 16 heteroatoms. The van der Waals surface area contributed by atoms with E-state index in [9.17, 15) is 26.4 Å². The van der Waals surface area contributed by atoms with E-state index in [0.29, 0.717) is 12.0 Å². The van der Waals surface area contributed by atoms with Crippen molar-refractivity contribution in [2.75, 3.05) is 19.5 Å². The number of ether oxygens (including phenoxy) is 3. The van der Waals surface area contributed by atoms with Gasteiger partial charge in [-0.05, 0) is 83.5 Å². The van der Waals surface area contributed by atoms with Crippen molar-refractivity contribution in [1.29, 1.82) is 0 Å². The molecule has 0 heterocycles. The number of hydrogen-bond donors (Lipinski definition) is 2. The van der Waals surface area contributed by atoms with Crippen LogP contribution in [-0.4, -0.2) is 65.7 Å². The smallest absolute Gasteiger partial charge is 0.414 e. The van der Waals surface area contributed by atoms with Crippen LogP contribution in [0.15, 0.2) is 57.4 Å². The van der Waals surface area contributed by atoms with E-state index in [0.717, 1.165) is 12.3 Å². The Morgan fingerprint density at radius 2 is 1.32 bits per heavy atom. The maximum absolute atomic E-state index is 12.9. The highest BCUT2D eigenvalue weighted by Crippen LogP contribution is 2.28. The first-order valence-corrected chi connectivity index (χ1v) is 16.6. The molecule has 44 heavy (non-hydrogen) atoms. The Labute approximate surface area is 258 Å². The molecule has 244 valence electrons. The van der Waals surface area contributed by atoms with Gasteiger partial charge >= 0.3 is 22.3 Å². The first-order chi connectivity index (χ1) is 20.1. The zero-order chi connectivity index (χ0) is 33.3. The fourth-order valence-corrected chi connectivity index (χ4v) is 5.80. The molecular weight excluding hydrogens is 618 g/mol. The van der Waals surface area contributed by atoms with E-state index in [1.165, 1.54) is 30.3 Å². The number of guanidine groups is 1. The van der Waals surface area contributed by atoms with E-state index in [1.54, 1.807) is 54.5 Å². The number of hydrogen-bond acceptors (Lipinski definition) is 12. The van der Waals surface area contributed by atoms with Crippen molar-refractivity contribution in [2.24, 2.45) is 5.16 Å². The Hall–Kier alpha value is -4.05. The Balaban J connectivity index is 2.02. The third kappa shape index (κ3) is 13.1. The van der Waals surface area contributed by atoms with Gasteiger partial charge in [0.15, 0.2) is 9.84 Å². The molecule has 2 aromatic carbocycles. The van der Waals surface area contributed by atoms with E-state index in [4.69, 9.17) is 23.2 Å². The van der Waals surface area contributed by atoms with Crippen molar-refractivity contribution in [2.45, 2.75) is 75.9 Å². The number of oxime groups is 1. The van der Waals surface area contributed by atoms with Crippen LogP contribution in [0.4, 0.5) is 9.59 Å². The van der Waals surface area contributed by atoms with E-state index < -0.39 is 48.2 Å². The van der Waals surface area contributed by atoms with Crippen LogP contribution in [0.5, 0.6) is 11.5 Å². The fraction of sp³-hybridized carbons (Fsp3) is 0.464. The number of alkyl carbamates (subject to hydrolysis) is 2. The number of carbonyl (C=O) groups excluding carboxylic acids is 2. The standard InChI is InChI=1S/C28H39N3O11S2/c1-19-16-20(18-21(17-19)42-44(36,37)23-13-10-9-12-22(23)43(8,34)35)38-14-11-15-39-31-24(29-25(32)40-27(2,3)4)30-26(33)41-28(5,6)7/h9-10,12-13,16-18H,11,14-15H2,1-8H3,(H2,29,30,31,32,33). The minimum atomic E-state index is -4.49. The molecule has 0 radical (unpaired) electrons. The average Bonchev–Trinajstić information content (AvgIpc) is 2.82. The molecule has 2 N–H and O–H groups in total. The van der Waals surface area contributed by atoms with Crippen molar-refractivity contribution in [3.8, 4) is 11.5 Å². The maximum Gasteiger partial charge on any atom is 0.414 e. The summed E-state index contributed by atoms with van der Waals surface area (Å²) in [6, 6.07) is 9.61. The van der Waals surface area contributed by atoms with Crippen molar-refractivity contribution in [1.82, 2.24) is 10.6 Å². The lowest BCUT2D eigenvalue weighted by Gasteiger charge is -2.21. The first kappa shape index (κ1) is 36.1. The second kappa shape index (κ2) is 14.6. The molecule has 0 bridgehead atoms. The molecule has 0 saturated carbocycles. The summed E-state index contributed by atoms with van der Waals surface area (Å²) in [4.78, 5) is 28.7. The van der Waals surface area contributed by atoms with Crippen molar-refractivity contribution < 1.29 is 49.7 Å². The second-order valence-corrected chi connectivity index (χ2v) is 15.0. The van der Waals surface area contributed by atoms with Gasteiger partial charge in [0.1, 0.15) is 34.2 Å². The van der Waals surface area contributed by atoms with Crippen LogP contribution in [0.2, 0.25) is 0 Å². The van der Waals surface area contributed by atoms with Gasteiger partial charge < -0.3 is 23.2 Å². The molecule has 0 aliphatic heterocycles. The fourth-order valence-electron chi connectivity index (χ4n) is 3.28. The molecule has 0 aliphatic rings. The number of amides is 2. The third-order valence-corrected chi connectivity index (χ3v) is 7.38. The molecule has 2 aromatic rings. The van der Waals surface area contributed by atoms with Gasteiger partial charge in [-0.15, -0.1) is 0 Å². The van der Waals surface area contributed by atoms with Gasteiger partial charge in [-0.2, -0.15) is 8.42 Å². The lowest BCUT2D eigenvalue weighted by atomic mass is 10.2. The number of nitrogens with one attached hydrogen (secondary N) is 2. The number of rotatable bonds is 10. The molecule has 0 fully saturated rings. The van der Waals surface area contributed by atoms with E-state index >= 15 is 0 Å². The number of benzene rings is 2. The molecule has 0 aromatic heterocycles. The van der Waals surface area contributed by atoms with E-state index in [-0.39, 0.29) is 35.6 Å². The highest BCUT2D eigenvalue weighted by molar-refractivity contribution is 7.92. The molecule has 0 atom stereocenters.